The van der Waals surface area contributed by atoms with E-state index in [-0.39, 0.29) is 30.8 Å². The lowest BCUT2D eigenvalue weighted by molar-refractivity contribution is -0.199. The number of amides is 2. The molecule has 2 aliphatic rings. The number of rotatable bonds is 6. The third-order valence-electron chi connectivity index (χ3n) is 5.36. The lowest BCUT2D eigenvalue weighted by atomic mass is 9.87. The molecule has 0 spiro atoms. The molecule has 1 aromatic carbocycles. The summed E-state index contributed by atoms with van der Waals surface area (Å²) in [4.78, 5) is 42.2. The molecule has 2 aliphatic heterocycles. The van der Waals surface area contributed by atoms with E-state index in [1.165, 1.54) is 23.6 Å². The van der Waals surface area contributed by atoms with Crippen molar-refractivity contribution in [2.75, 3.05) is 29.7 Å². The molecule has 0 radical (unpaired) electrons. The summed E-state index contributed by atoms with van der Waals surface area (Å²) < 4.78 is 11.6. The number of carbonyl (C=O) groups is 3. The monoisotopic (exact) mass is 502 g/mol. The van der Waals surface area contributed by atoms with E-state index in [0.29, 0.717) is 16.5 Å². The average Bonchev–Trinajstić information content (AvgIpc) is 2.72. The third kappa shape index (κ3) is 4.22. The Balaban J connectivity index is 1.95. The molecular weight excluding hydrogens is 475 g/mol. The van der Waals surface area contributed by atoms with Crippen LogP contribution < -0.4 is 4.90 Å². The summed E-state index contributed by atoms with van der Waals surface area (Å²) in [5.41, 5.74) is -2.71. The van der Waals surface area contributed by atoms with Crippen LogP contribution in [0.2, 0.25) is 5.02 Å². The highest BCUT2D eigenvalue weighted by Crippen LogP contribution is 2.52. The van der Waals surface area contributed by atoms with Crippen LogP contribution in [-0.2, 0) is 23.9 Å². The van der Waals surface area contributed by atoms with Crippen LogP contribution in [0, 0.1) is 5.41 Å². The fraction of sp³-hybridized carbons (Fsp3) is 0.591. The molecule has 10 heteroatoms. The number of ether oxygens (including phenoxy) is 2. The first-order chi connectivity index (χ1) is 14.9. The van der Waals surface area contributed by atoms with Crippen LogP contribution in [0.5, 0.6) is 0 Å². The lowest BCUT2D eigenvalue weighted by Crippen LogP contribution is -2.83. The Hall–Kier alpha value is -1.48. The highest BCUT2D eigenvalue weighted by atomic mass is 35.5. The number of hydrogen-bond acceptors (Lipinski definition) is 6. The van der Waals surface area contributed by atoms with Gasteiger partial charge in [0.05, 0.1) is 0 Å². The number of β-lactam (4-membered cyclic amide) rings is 1. The van der Waals surface area contributed by atoms with E-state index in [1.807, 2.05) is 0 Å². The fourth-order valence-electron chi connectivity index (χ4n) is 4.00. The predicted octanol–water partition coefficient (Wildman–Crippen LogP) is 3.91. The first-order valence-corrected chi connectivity index (χ1v) is 12.3. The van der Waals surface area contributed by atoms with Crippen molar-refractivity contribution < 1.29 is 23.9 Å². The highest BCUT2D eigenvalue weighted by Gasteiger charge is 2.70. The van der Waals surface area contributed by atoms with Crippen LogP contribution in [0.1, 0.15) is 34.6 Å². The molecule has 3 rings (SSSR count). The largest absolute Gasteiger partial charge is 0.459 e. The van der Waals surface area contributed by atoms with Crippen LogP contribution in [0.25, 0.3) is 0 Å². The van der Waals surface area contributed by atoms with Crippen molar-refractivity contribution in [3.63, 3.8) is 0 Å². The predicted molar refractivity (Wildman–Crippen MR) is 126 cm³/mol. The van der Waals surface area contributed by atoms with Gasteiger partial charge in [0.1, 0.15) is 16.4 Å². The minimum Gasteiger partial charge on any atom is -0.459 e. The molecule has 2 amide bonds. The summed E-state index contributed by atoms with van der Waals surface area (Å²) in [6, 6.07) is 6.67. The molecule has 2 heterocycles. The van der Waals surface area contributed by atoms with E-state index in [4.69, 9.17) is 32.7 Å². The van der Waals surface area contributed by atoms with Crippen LogP contribution in [0.15, 0.2) is 24.3 Å². The molecule has 1 aromatic rings. The zero-order valence-corrected chi connectivity index (χ0v) is 21.1. The zero-order chi connectivity index (χ0) is 23.9. The van der Waals surface area contributed by atoms with Crippen LogP contribution in [-0.4, -0.2) is 64.2 Å². The molecule has 3 atom stereocenters. The first kappa shape index (κ1) is 25.1. The summed E-state index contributed by atoms with van der Waals surface area (Å²) in [6.07, 6.45) is 0. The molecule has 2 fully saturated rings. The van der Waals surface area contributed by atoms with Gasteiger partial charge in [-0.15, -0.1) is 23.4 Å². The second kappa shape index (κ2) is 9.05. The van der Waals surface area contributed by atoms with Gasteiger partial charge in [-0.05, 0) is 52.0 Å². The molecule has 2 saturated heterocycles. The van der Waals surface area contributed by atoms with Crippen LogP contribution in [0.4, 0.5) is 5.69 Å². The van der Waals surface area contributed by atoms with Gasteiger partial charge >= 0.3 is 5.97 Å². The van der Waals surface area contributed by atoms with Gasteiger partial charge < -0.3 is 14.4 Å². The molecular formula is C22H28Cl2N2O5S. The van der Waals surface area contributed by atoms with Gasteiger partial charge in [-0.1, -0.05) is 11.6 Å². The van der Waals surface area contributed by atoms with Crippen molar-refractivity contribution in [1.82, 2.24) is 4.90 Å². The number of halogens is 2. The van der Waals surface area contributed by atoms with Crippen LogP contribution >= 0.6 is 35.0 Å². The summed E-state index contributed by atoms with van der Waals surface area (Å²) in [6.45, 7) is 8.85. The van der Waals surface area contributed by atoms with Gasteiger partial charge in [0.2, 0.25) is 5.91 Å². The summed E-state index contributed by atoms with van der Waals surface area (Å²) in [5.74, 6) is -0.814. The topological polar surface area (TPSA) is 76.2 Å². The van der Waals surface area contributed by atoms with Gasteiger partial charge in [-0.3, -0.25) is 19.3 Å². The van der Waals surface area contributed by atoms with Crippen molar-refractivity contribution in [1.29, 1.82) is 0 Å². The van der Waals surface area contributed by atoms with Crippen molar-refractivity contribution in [3.05, 3.63) is 29.3 Å². The molecule has 32 heavy (non-hydrogen) atoms. The summed E-state index contributed by atoms with van der Waals surface area (Å²) >= 11 is 13.6. The number of fused-ring (bicyclic) bond motifs is 1. The maximum absolute atomic E-state index is 13.6. The number of esters is 1. The minimum absolute atomic E-state index is 0.0145. The van der Waals surface area contributed by atoms with Crippen molar-refractivity contribution in [2.24, 2.45) is 5.41 Å². The Kier molecular flexibility index (Phi) is 7.11. The molecule has 7 nitrogen and oxygen atoms in total. The molecule has 176 valence electrons. The van der Waals surface area contributed by atoms with Gasteiger partial charge in [0.25, 0.3) is 11.6 Å². The number of hydrogen-bond donors (Lipinski definition) is 0. The smallest absolute Gasteiger partial charge is 0.316 e. The maximum Gasteiger partial charge on any atom is 0.316 e. The molecule has 0 aromatic heterocycles. The fourth-order valence-corrected chi connectivity index (χ4v) is 6.16. The number of anilines is 1. The highest BCUT2D eigenvalue weighted by molar-refractivity contribution is 8.00. The molecule has 0 bridgehead atoms. The van der Waals surface area contributed by atoms with E-state index in [0.717, 1.165) is 0 Å². The SMILES string of the molecule is CCOC1(N(C(C)=O)c2ccc(Cl)cc2)C(=O)N2CC(CCl)(C(=O)OC(C)(C)C)CS[C@@H]21. The number of alkyl halides is 1. The van der Waals surface area contributed by atoms with E-state index in [2.05, 4.69) is 0 Å². The Morgan fingerprint density at radius 3 is 2.41 bits per heavy atom. The average molecular weight is 503 g/mol. The van der Waals surface area contributed by atoms with E-state index in [1.54, 1.807) is 56.9 Å². The standard InChI is InChI=1S/C22H28Cl2N2O5S/c1-6-30-22(26(14(2)27)16-9-7-15(24)8-10-16)17(28)25-12-21(11-23,13-32-18(22)25)19(29)31-20(3,4)5/h7-10,18H,6,11-13H2,1-5H3/t18-,21?,22?/m1/s1. The number of benzene rings is 1. The Morgan fingerprint density at radius 1 is 1.28 bits per heavy atom. The lowest BCUT2D eigenvalue weighted by Gasteiger charge is -2.62. The molecule has 0 saturated carbocycles. The Labute approximate surface area is 202 Å². The van der Waals surface area contributed by atoms with Gasteiger partial charge in [0.15, 0.2) is 0 Å². The second-order valence-corrected chi connectivity index (χ2v) is 10.7. The van der Waals surface area contributed by atoms with Crippen molar-refractivity contribution in [3.8, 4) is 0 Å². The van der Waals surface area contributed by atoms with E-state index < -0.39 is 28.1 Å². The van der Waals surface area contributed by atoms with Crippen molar-refractivity contribution in [2.45, 2.75) is 51.3 Å². The molecule has 0 aliphatic carbocycles. The molecule has 0 N–H and O–H groups in total. The Morgan fingerprint density at radius 2 is 1.91 bits per heavy atom. The van der Waals surface area contributed by atoms with Crippen molar-refractivity contribution >= 4 is 58.4 Å². The first-order valence-electron chi connectivity index (χ1n) is 10.3. The Bertz CT molecular complexity index is 907. The second-order valence-electron chi connectivity index (χ2n) is 8.97. The summed E-state index contributed by atoms with van der Waals surface area (Å²) in [5, 5.41) is 0.0221. The number of carbonyl (C=O) groups excluding carboxylic acids is 3. The van der Waals surface area contributed by atoms with Gasteiger partial charge in [-0.2, -0.15) is 0 Å². The van der Waals surface area contributed by atoms with E-state index in [9.17, 15) is 14.4 Å². The third-order valence-corrected chi connectivity index (χ3v) is 7.73. The van der Waals surface area contributed by atoms with Gasteiger partial charge in [-0.25, -0.2) is 0 Å². The number of nitrogens with zero attached hydrogens (tertiary/aromatic N) is 2. The number of thioether (sulfide) groups is 1. The normalized spacial score (nSPS) is 27.4. The summed E-state index contributed by atoms with van der Waals surface area (Å²) in [7, 11) is 0. The van der Waals surface area contributed by atoms with Gasteiger partial charge in [0, 0.05) is 42.4 Å². The quantitative estimate of drug-likeness (QED) is 0.254. The van der Waals surface area contributed by atoms with Crippen LogP contribution in [0.3, 0.4) is 0 Å². The zero-order valence-electron chi connectivity index (χ0n) is 18.8. The maximum atomic E-state index is 13.6. The minimum atomic E-state index is -1.51. The van der Waals surface area contributed by atoms with E-state index >= 15 is 0 Å². The molecule has 2 unspecified atom stereocenters.